The molecule has 2 aromatic rings. The first-order chi connectivity index (χ1) is 9.25. The van der Waals surface area contributed by atoms with E-state index in [1.807, 2.05) is 30.3 Å². The first-order valence-electron chi connectivity index (χ1n) is 5.94. The van der Waals surface area contributed by atoms with Crippen LogP contribution in [0.1, 0.15) is 17.2 Å². The smallest absolute Gasteiger partial charge is 0.211 e. The molecule has 1 heterocycles. The Kier molecular flexibility index (Phi) is 3.05. The van der Waals surface area contributed by atoms with Gasteiger partial charge in [0.05, 0.1) is 0 Å². The van der Waals surface area contributed by atoms with Gasteiger partial charge in [-0.05, 0) is 17.7 Å². The summed E-state index contributed by atoms with van der Waals surface area (Å²) in [6.45, 7) is 0. The van der Waals surface area contributed by atoms with Crippen molar-refractivity contribution in [2.45, 2.75) is 6.04 Å². The summed E-state index contributed by atoms with van der Waals surface area (Å²) in [5.41, 5.74) is 5.04. The summed E-state index contributed by atoms with van der Waals surface area (Å²) in [5.74, 6) is -0.0199. The van der Waals surface area contributed by atoms with Crippen molar-refractivity contribution in [3.8, 4) is 0 Å². The molecule has 2 aromatic carbocycles. The van der Waals surface area contributed by atoms with E-state index in [4.69, 9.17) is 11.6 Å². The minimum atomic E-state index is -0.396. The number of hydrazone groups is 1. The van der Waals surface area contributed by atoms with E-state index >= 15 is 0 Å². The number of halogens is 1. The zero-order chi connectivity index (χ0) is 13.2. The second-order valence-electron chi connectivity index (χ2n) is 4.30. The molecule has 1 aliphatic heterocycles. The maximum Gasteiger partial charge on any atom is 0.211 e. The van der Waals surface area contributed by atoms with Gasteiger partial charge in [-0.25, -0.2) is 0 Å². The van der Waals surface area contributed by atoms with Crippen molar-refractivity contribution in [3.05, 3.63) is 70.7 Å². The van der Waals surface area contributed by atoms with E-state index in [1.165, 1.54) is 0 Å². The van der Waals surface area contributed by atoms with Crippen LogP contribution in [-0.2, 0) is 4.79 Å². The molecule has 3 rings (SSSR count). The molecule has 0 radical (unpaired) electrons. The Balaban J connectivity index is 1.88. The van der Waals surface area contributed by atoms with E-state index in [9.17, 15) is 4.79 Å². The fraction of sp³-hybridized carbons (Fsp3) is 0.0667. The number of benzene rings is 2. The molecular formula is C15H11ClN2O. The molecule has 4 heteroatoms. The van der Waals surface area contributed by atoms with Gasteiger partial charge in [-0.3, -0.25) is 10.2 Å². The lowest BCUT2D eigenvalue weighted by Gasteiger charge is -2.08. The van der Waals surface area contributed by atoms with Crippen LogP contribution in [0.25, 0.3) is 0 Å². The van der Waals surface area contributed by atoms with E-state index in [0.29, 0.717) is 10.7 Å². The Morgan fingerprint density at radius 2 is 1.68 bits per heavy atom. The topological polar surface area (TPSA) is 41.5 Å². The summed E-state index contributed by atoms with van der Waals surface area (Å²) in [6.07, 6.45) is 0. The number of nitrogens with zero attached hydrogens (tertiary/aromatic N) is 1. The summed E-state index contributed by atoms with van der Waals surface area (Å²) in [5, 5.41) is 4.79. The van der Waals surface area contributed by atoms with Gasteiger partial charge in [0.15, 0.2) is 0 Å². The third kappa shape index (κ3) is 2.25. The quantitative estimate of drug-likeness (QED) is 0.912. The van der Waals surface area contributed by atoms with E-state index < -0.39 is 6.04 Å². The predicted molar refractivity (Wildman–Crippen MR) is 75.3 cm³/mol. The van der Waals surface area contributed by atoms with Gasteiger partial charge in [0.1, 0.15) is 11.8 Å². The molecule has 1 aliphatic rings. The zero-order valence-corrected chi connectivity index (χ0v) is 10.8. The van der Waals surface area contributed by atoms with Crippen LogP contribution in [-0.4, -0.2) is 11.5 Å². The van der Waals surface area contributed by atoms with Gasteiger partial charge < -0.3 is 0 Å². The number of carbonyl (C=O) groups is 1. The van der Waals surface area contributed by atoms with Gasteiger partial charge in [0, 0.05) is 10.6 Å². The maximum absolute atomic E-state index is 12.4. The SMILES string of the molecule is O=C1C(c2ccc(Cl)cc2)=NNC1c1ccccc1. The highest BCUT2D eigenvalue weighted by Crippen LogP contribution is 2.22. The van der Waals surface area contributed by atoms with Gasteiger partial charge in [-0.1, -0.05) is 54.1 Å². The first kappa shape index (κ1) is 11.9. The van der Waals surface area contributed by atoms with Crippen LogP contribution < -0.4 is 5.43 Å². The number of hydrogen-bond acceptors (Lipinski definition) is 3. The van der Waals surface area contributed by atoms with Gasteiger partial charge in [-0.2, -0.15) is 5.10 Å². The molecule has 1 atom stereocenters. The number of ketones is 1. The molecule has 94 valence electrons. The highest BCUT2D eigenvalue weighted by atomic mass is 35.5. The van der Waals surface area contributed by atoms with Crippen molar-refractivity contribution in [1.29, 1.82) is 0 Å². The molecular weight excluding hydrogens is 260 g/mol. The molecule has 1 unspecified atom stereocenters. The lowest BCUT2D eigenvalue weighted by Crippen LogP contribution is -2.21. The summed E-state index contributed by atoms with van der Waals surface area (Å²) in [4.78, 5) is 12.4. The Bertz CT molecular complexity index is 635. The van der Waals surface area contributed by atoms with E-state index in [2.05, 4.69) is 10.5 Å². The van der Waals surface area contributed by atoms with E-state index in [1.54, 1.807) is 24.3 Å². The van der Waals surface area contributed by atoms with Gasteiger partial charge >= 0.3 is 0 Å². The Hall–Kier alpha value is -2.13. The number of nitrogens with one attached hydrogen (secondary N) is 1. The number of rotatable bonds is 2. The van der Waals surface area contributed by atoms with Crippen LogP contribution >= 0.6 is 11.6 Å². The first-order valence-corrected chi connectivity index (χ1v) is 6.32. The van der Waals surface area contributed by atoms with Crippen molar-refractivity contribution in [3.63, 3.8) is 0 Å². The van der Waals surface area contributed by atoms with Crippen molar-refractivity contribution in [2.24, 2.45) is 5.10 Å². The molecule has 0 aromatic heterocycles. The molecule has 0 spiro atoms. The van der Waals surface area contributed by atoms with E-state index in [-0.39, 0.29) is 5.78 Å². The molecule has 3 nitrogen and oxygen atoms in total. The fourth-order valence-corrected chi connectivity index (χ4v) is 2.19. The fourth-order valence-electron chi connectivity index (χ4n) is 2.07. The molecule has 0 amide bonds. The van der Waals surface area contributed by atoms with Crippen LogP contribution in [0.15, 0.2) is 59.7 Å². The normalized spacial score (nSPS) is 18.1. The van der Waals surface area contributed by atoms with Crippen molar-refractivity contribution in [2.75, 3.05) is 0 Å². The second-order valence-corrected chi connectivity index (χ2v) is 4.74. The highest BCUT2D eigenvalue weighted by molar-refractivity contribution is 6.48. The largest absolute Gasteiger partial charge is 0.294 e. The summed E-state index contributed by atoms with van der Waals surface area (Å²) in [6, 6.07) is 16.3. The van der Waals surface area contributed by atoms with Gasteiger partial charge in [0.25, 0.3) is 0 Å². The van der Waals surface area contributed by atoms with Crippen LogP contribution in [0.5, 0.6) is 0 Å². The van der Waals surface area contributed by atoms with Crippen molar-refractivity contribution in [1.82, 2.24) is 5.43 Å². The number of hydrogen-bond donors (Lipinski definition) is 1. The molecule has 0 aliphatic carbocycles. The lowest BCUT2D eigenvalue weighted by molar-refractivity contribution is -0.114. The monoisotopic (exact) mass is 270 g/mol. The Morgan fingerprint density at radius 3 is 2.37 bits per heavy atom. The average Bonchev–Trinajstić information content (AvgIpc) is 2.83. The summed E-state index contributed by atoms with van der Waals surface area (Å²) < 4.78 is 0. The minimum Gasteiger partial charge on any atom is -0.294 e. The Morgan fingerprint density at radius 1 is 1.00 bits per heavy atom. The number of Topliss-reactive ketones (excluding diaryl/α,β-unsaturated/α-hetero) is 1. The summed E-state index contributed by atoms with van der Waals surface area (Å²) in [7, 11) is 0. The van der Waals surface area contributed by atoms with Crippen LogP contribution in [0, 0.1) is 0 Å². The standard InChI is InChI=1S/C15H11ClN2O/c16-12-8-6-11(7-9-12)14-15(19)13(17-18-14)10-4-2-1-3-5-10/h1-9,13,17H. The highest BCUT2D eigenvalue weighted by Gasteiger charge is 2.30. The zero-order valence-electron chi connectivity index (χ0n) is 10.0. The minimum absolute atomic E-state index is 0.0199. The molecule has 0 saturated carbocycles. The summed E-state index contributed by atoms with van der Waals surface area (Å²) >= 11 is 5.84. The van der Waals surface area contributed by atoms with Crippen LogP contribution in [0.3, 0.4) is 0 Å². The second kappa shape index (κ2) is 4.86. The molecule has 0 bridgehead atoms. The molecule has 1 N–H and O–H groups in total. The molecule has 0 saturated heterocycles. The van der Waals surface area contributed by atoms with Crippen LogP contribution in [0.2, 0.25) is 5.02 Å². The van der Waals surface area contributed by atoms with Gasteiger partial charge in [-0.15, -0.1) is 0 Å². The lowest BCUT2D eigenvalue weighted by atomic mass is 9.98. The van der Waals surface area contributed by atoms with E-state index in [0.717, 1.165) is 11.1 Å². The van der Waals surface area contributed by atoms with Gasteiger partial charge in [0.2, 0.25) is 5.78 Å². The third-order valence-corrected chi connectivity index (χ3v) is 3.30. The van der Waals surface area contributed by atoms with Crippen LogP contribution in [0.4, 0.5) is 0 Å². The Labute approximate surface area is 115 Å². The average molecular weight is 271 g/mol. The third-order valence-electron chi connectivity index (χ3n) is 3.05. The van der Waals surface area contributed by atoms with Crippen molar-refractivity contribution >= 4 is 23.1 Å². The molecule has 0 fully saturated rings. The maximum atomic E-state index is 12.4. The number of carbonyl (C=O) groups excluding carboxylic acids is 1. The molecule has 19 heavy (non-hydrogen) atoms. The van der Waals surface area contributed by atoms with Crippen molar-refractivity contribution < 1.29 is 4.79 Å². The predicted octanol–water partition coefficient (Wildman–Crippen LogP) is 2.96.